The molecule has 0 aromatic carbocycles. The fourth-order valence-corrected chi connectivity index (χ4v) is 3.17. The number of hydrogen-bond donors (Lipinski definition) is 1. The first-order valence-electron chi connectivity index (χ1n) is 7.21. The van der Waals surface area contributed by atoms with Gasteiger partial charge in [0.25, 0.3) is 0 Å². The minimum absolute atomic E-state index is 0.00211. The summed E-state index contributed by atoms with van der Waals surface area (Å²) in [4.78, 5) is 26.1. The van der Waals surface area contributed by atoms with Crippen molar-refractivity contribution in [2.45, 2.75) is 51.0 Å². The molecule has 1 saturated heterocycles. The number of rotatable bonds is 4. The number of methoxy groups -OCH3 is 1. The van der Waals surface area contributed by atoms with E-state index in [0.29, 0.717) is 13.0 Å². The number of nitrogens with two attached hydrogens (primary N) is 1. The van der Waals surface area contributed by atoms with Gasteiger partial charge < -0.3 is 15.4 Å². The molecule has 0 aromatic rings. The van der Waals surface area contributed by atoms with Crippen molar-refractivity contribution < 1.29 is 14.3 Å². The summed E-state index contributed by atoms with van der Waals surface area (Å²) in [7, 11) is 1.39. The smallest absolute Gasteiger partial charge is 0.307 e. The van der Waals surface area contributed by atoms with Gasteiger partial charge in [0.05, 0.1) is 18.9 Å². The maximum absolute atomic E-state index is 12.7. The summed E-state index contributed by atoms with van der Waals surface area (Å²) in [6, 6.07) is -0.00211. The van der Waals surface area contributed by atoms with Gasteiger partial charge in [-0.3, -0.25) is 9.59 Å². The molecule has 5 nitrogen and oxygen atoms in total. The molecule has 2 aliphatic rings. The highest BCUT2D eigenvalue weighted by Crippen LogP contribution is 2.42. The maximum Gasteiger partial charge on any atom is 0.307 e. The summed E-state index contributed by atoms with van der Waals surface area (Å²) < 4.78 is 4.73. The average molecular weight is 268 g/mol. The molecule has 1 unspecified atom stereocenters. The van der Waals surface area contributed by atoms with Crippen LogP contribution in [0.2, 0.25) is 0 Å². The van der Waals surface area contributed by atoms with Crippen LogP contribution in [0.25, 0.3) is 0 Å². The zero-order valence-electron chi connectivity index (χ0n) is 11.7. The Morgan fingerprint density at radius 3 is 2.58 bits per heavy atom. The first-order chi connectivity index (χ1) is 9.13. The van der Waals surface area contributed by atoms with Crippen molar-refractivity contribution in [2.24, 2.45) is 11.1 Å². The van der Waals surface area contributed by atoms with Crippen molar-refractivity contribution in [2.75, 3.05) is 20.2 Å². The molecule has 2 fully saturated rings. The number of esters is 1. The fraction of sp³-hybridized carbons (Fsp3) is 0.857. The molecule has 0 aromatic heterocycles. The number of ether oxygens (including phenoxy) is 1. The van der Waals surface area contributed by atoms with E-state index in [4.69, 9.17) is 10.5 Å². The Labute approximate surface area is 114 Å². The van der Waals surface area contributed by atoms with E-state index in [1.807, 2.05) is 4.90 Å². The van der Waals surface area contributed by atoms with E-state index in [1.54, 1.807) is 0 Å². The predicted molar refractivity (Wildman–Crippen MR) is 71.3 cm³/mol. The molecule has 1 amide bonds. The molecule has 2 rings (SSSR count). The van der Waals surface area contributed by atoms with E-state index in [-0.39, 0.29) is 23.3 Å². The second-order valence-electron chi connectivity index (χ2n) is 5.77. The number of amides is 1. The van der Waals surface area contributed by atoms with Crippen LogP contribution in [-0.2, 0) is 14.3 Å². The molecule has 0 radical (unpaired) electrons. The Balaban J connectivity index is 2.06. The van der Waals surface area contributed by atoms with E-state index >= 15 is 0 Å². The Hall–Kier alpha value is -1.10. The van der Waals surface area contributed by atoms with Crippen LogP contribution in [0.3, 0.4) is 0 Å². The number of hydrogen-bond acceptors (Lipinski definition) is 4. The quantitative estimate of drug-likeness (QED) is 0.774. The Morgan fingerprint density at radius 2 is 2.05 bits per heavy atom. The minimum atomic E-state index is -0.342. The van der Waals surface area contributed by atoms with Crippen LogP contribution >= 0.6 is 0 Å². The van der Waals surface area contributed by atoms with Crippen LogP contribution in [0.4, 0.5) is 0 Å². The highest BCUT2D eigenvalue weighted by atomic mass is 16.5. The summed E-state index contributed by atoms with van der Waals surface area (Å²) in [5, 5.41) is 0. The zero-order chi connectivity index (χ0) is 13.9. The van der Waals surface area contributed by atoms with Crippen LogP contribution < -0.4 is 5.73 Å². The molecule has 5 heteroatoms. The number of nitrogens with zero attached hydrogens (tertiary/aromatic N) is 1. The van der Waals surface area contributed by atoms with Gasteiger partial charge in [0.1, 0.15) is 0 Å². The molecular weight excluding hydrogens is 244 g/mol. The van der Waals surface area contributed by atoms with Gasteiger partial charge >= 0.3 is 5.97 Å². The van der Waals surface area contributed by atoms with E-state index in [2.05, 4.69) is 0 Å². The first-order valence-corrected chi connectivity index (χ1v) is 7.21. The molecule has 1 atom stereocenters. The third kappa shape index (κ3) is 2.76. The topological polar surface area (TPSA) is 72.6 Å². The normalized spacial score (nSPS) is 25.6. The van der Waals surface area contributed by atoms with Gasteiger partial charge in [0, 0.05) is 19.1 Å². The highest BCUT2D eigenvalue weighted by molar-refractivity contribution is 5.85. The number of carbonyl (C=O) groups excluding carboxylic acids is 2. The Morgan fingerprint density at radius 1 is 1.32 bits per heavy atom. The third-order valence-electron chi connectivity index (χ3n) is 4.67. The van der Waals surface area contributed by atoms with Crippen molar-refractivity contribution in [1.82, 2.24) is 4.90 Å². The van der Waals surface area contributed by atoms with Gasteiger partial charge in [-0.25, -0.2) is 0 Å². The third-order valence-corrected chi connectivity index (χ3v) is 4.67. The maximum atomic E-state index is 12.7. The van der Waals surface area contributed by atoms with Crippen molar-refractivity contribution in [1.29, 1.82) is 0 Å². The summed E-state index contributed by atoms with van der Waals surface area (Å²) in [5.41, 5.74) is 5.47. The molecule has 0 bridgehead atoms. The van der Waals surface area contributed by atoms with Crippen molar-refractivity contribution in [3.05, 3.63) is 0 Å². The number of piperidine rings is 1. The molecule has 1 aliphatic heterocycles. The van der Waals surface area contributed by atoms with Crippen LogP contribution in [0.5, 0.6) is 0 Å². The molecule has 1 aliphatic carbocycles. The van der Waals surface area contributed by atoms with Gasteiger partial charge in [-0.15, -0.1) is 0 Å². The molecular formula is C14H24N2O3. The summed E-state index contributed by atoms with van der Waals surface area (Å²) in [5.74, 6) is -0.0741. The summed E-state index contributed by atoms with van der Waals surface area (Å²) >= 11 is 0. The minimum Gasteiger partial charge on any atom is -0.469 e. The molecule has 0 spiro atoms. The standard InChI is InChI=1S/C14H24N2O3/c1-19-12(17)9-11-5-2-3-8-16(11)13(18)14(10-15)6-4-7-14/h11H,2-10,15H2,1H3. The van der Waals surface area contributed by atoms with Crippen molar-refractivity contribution in [3.8, 4) is 0 Å². The van der Waals surface area contributed by atoms with Crippen molar-refractivity contribution >= 4 is 11.9 Å². The first kappa shape index (κ1) is 14.3. The lowest BCUT2D eigenvalue weighted by molar-refractivity contribution is -0.153. The fourth-order valence-electron chi connectivity index (χ4n) is 3.17. The number of carbonyl (C=O) groups is 2. The average Bonchev–Trinajstić information content (AvgIpc) is 2.38. The number of likely N-dealkylation sites (tertiary alicyclic amines) is 1. The monoisotopic (exact) mass is 268 g/mol. The van der Waals surface area contributed by atoms with Crippen LogP contribution in [0.15, 0.2) is 0 Å². The lowest BCUT2D eigenvalue weighted by atomic mass is 9.67. The molecule has 108 valence electrons. The van der Waals surface area contributed by atoms with Gasteiger partial charge in [0.15, 0.2) is 0 Å². The largest absolute Gasteiger partial charge is 0.469 e. The summed E-state index contributed by atoms with van der Waals surface area (Å²) in [6.45, 7) is 1.18. The van der Waals surface area contributed by atoms with E-state index in [1.165, 1.54) is 7.11 Å². The lowest BCUT2D eigenvalue weighted by Gasteiger charge is -2.46. The van der Waals surface area contributed by atoms with E-state index in [9.17, 15) is 9.59 Å². The lowest BCUT2D eigenvalue weighted by Crippen LogP contribution is -2.56. The second-order valence-corrected chi connectivity index (χ2v) is 5.77. The Bertz CT molecular complexity index is 347. The van der Waals surface area contributed by atoms with Crippen LogP contribution in [0.1, 0.15) is 44.9 Å². The SMILES string of the molecule is COC(=O)CC1CCCCN1C(=O)C1(CN)CCC1. The highest BCUT2D eigenvalue weighted by Gasteiger charge is 2.46. The molecule has 2 N–H and O–H groups in total. The van der Waals surface area contributed by atoms with Gasteiger partial charge in [0.2, 0.25) is 5.91 Å². The molecule has 1 saturated carbocycles. The summed E-state index contributed by atoms with van der Waals surface area (Å²) in [6.07, 6.45) is 6.15. The van der Waals surface area contributed by atoms with Gasteiger partial charge in [-0.1, -0.05) is 6.42 Å². The van der Waals surface area contributed by atoms with E-state index in [0.717, 1.165) is 45.1 Å². The van der Waals surface area contributed by atoms with E-state index < -0.39 is 0 Å². The predicted octanol–water partition coefficient (Wildman–Crippen LogP) is 1.06. The van der Waals surface area contributed by atoms with Crippen molar-refractivity contribution in [3.63, 3.8) is 0 Å². The second kappa shape index (κ2) is 5.90. The van der Waals surface area contributed by atoms with Crippen LogP contribution in [0, 0.1) is 5.41 Å². The molecule has 1 heterocycles. The van der Waals surface area contributed by atoms with Gasteiger partial charge in [-0.2, -0.15) is 0 Å². The molecule has 19 heavy (non-hydrogen) atoms. The zero-order valence-corrected chi connectivity index (χ0v) is 11.7. The Kier molecular flexibility index (Phi) is 4.45. The van der Waals surface area contributed by atoms with Gasteiger partial charge in [-0.05, 0) is 32.1 Å². The van der Waals surface area contributed by atoms with Crippen LogP contribution in [-0.4, -0.2) is 43.0 Å².